The lowest BCUT2D eigenvalue weighted by Gasteiger charge is -2.26. The highest BCUT2D eigenvalue weighted by atomic mass is 79.9. The minimum atomic E-state index is -4.04. The van der Waals surface area contributed by atoms with Gasteiger partial charge in [0.25, 0.3) is 0 Å². The molecule has 0 saturated carbocycles. The molecule has 0 bridgehead atoms. The Balaban J connectivity index is 2.53. The van der Waals surface area contributed by atoms with Crippen LogP contribution in [0.25, 0.3) is 0 Å². The van der Waals surface area contributed by atoms with Crippen molar-refractivity contribution in [1.29, 1.82) is 0 Å². The van der Waals surface area contributed by atoms with E-state index in [-0.39, 0.29) is 38.7 Å². The van der Waals surface area contributed by atoms with Gasteiger partial charge in [0, 0.05) is 23.3 Å². The smallest absolute Gasteiger partial charge is 0.229 e. The molecule has 1 aromatic rings. The maximum Gasteiger partial charge on any atom is 0.244 e. The van der Waals surface area contributed by atoms with Gasteiger partial charge in [-0.25, -0.2) is 25.3 Å². The molecule has 0 spiro atoms. The molecule has 1 saturated heterocycles. The van der Waals surface area contributed by atoms with Gasteiger partial charge in [-0.3, -0.25) is 0 Å². The summed E-state index contributed by atoms with van der Waals surface area (Å²) < 4.78 is 74.0. The Hall–Kier alpha value is -0.490. The van der Waals surface area contributed by atoms with Crippen LogP contribution in [0.4, 0.5) is 0 Å². The molecule has 11 heteroatoms. The van der Waals surface area contributed by atoms with Gasteiger partial charge < -0.3 is 0 Å². The number of hydrogen-bond acceptors (Lipinski definition) is 6. The number of nitrogens with zero attached hydrogens (tertiary/aromatic N) is 1. The minimum Gasteiger partial charge on any atom is -0.229 e. The van der Waals surface area contributed by atoms with Crippen molar-refractivity contribution in [3.8, 4) is 0 Å². The number of halogens is 1. The molecule has 0 aromatic heterocycles. The summed E-state index contributed by atoms with van der Waals surface area (Å²) in [6.07, 6.45) is 1.23. The second kappa shape index (κ2) is 6.67. The largest absolute Gasteiger partial charge is 0.244 e. The van der Waals surface area contributed by atoms with E-state index in [0.29, 0.717) is 0 Å². The Morgan fingerprint density at radius 3 is 2.33 bits per heavy atom. The Morgan fingerprint density at radius 1 is 1.25 bits per heavy atom. The van der Waals surface area contributed by atoms with Crippen molar-refractivity contribution < 1.29 is 25.3 Å². The number of sulfone groups is 2. The van der Waals surface area contributed by atoms with E-state index in [2.05, 4.69) is 15.9 Å². The maximum atomic E-state index is 13.0. The van der Waals surface area contributed by atoms with Crippen molar-refractivity contribution in [2.75, 3.05) is 24.3 Å². The van der Waals surface area contributed by atoms with Gasteiger partial charge in [0.05, 0.1) is 21.3 Å². The Morgan fingerprint density at radius 2 is 1.88 bits per heavy atom. The third-order valence-corrected chi connectivity index (χ3v) is 9.73. The number of sulfonamides is 1. The van der Waals surface area contributed by atoms with Crippen molar-refractivity contribution in [2.24, 2.45) is 0 Å². The molecule has 0 N–H and O–H groups in total. The fraction of sp³-hybridized carbons (Fsp3) is 0.538. The van der Waals surface area contributed by atoms with Gasteiger partial charge in [-0.15, -0.1) is 0 Å². The summed E-state index contributed by atoms with van der Waals surface area (Å²) in [7, 11) is -10.9. The standard InChI is InChI=1S/C13H18BrNO6S3/c1-3-15(10-6-7-23(18,19)9-10)24(20,21)13-8-11(22(2,16)17)4-5-12(13)14/h4-5,8,10H,3,6-7,9H2,1-2H3. The van der Waals surface area contributed by atoms with E-state index in [1.54, 1.807) is 6.92 Å². The summed E-state index contributed by atoms with van der Waals surface area (Å²) in [4.78, 5) is -0.295. The van der Waals surface area contributed by atoms with Crippen LogP contribution in [0.3, 0.4) is 0 Å². The highest BCUT2D eigenvalue weighted by Gasteiger charge is 2.38. The molecule has 0 radical (unpaired) electrons. The third-order valence-electron chi connectivity index (χ3n) is 3.84. The average molecular weight is 460 g/mol. The zero-order chi connectivity index (χ0) is 18.3. The normalized spacial score (nSPS) is 21.2. The van der Waals surface area contributed by atoms with E-state index < -0.39 is 35.7 Å². The fourth-order valence-corrected chi connectivity index (χ4v) is 7.83. The molecule has 2 rings (SSSR count). The summed E-state index contributed by atoms with van der Waals surface area (Å²) >= 11 is 3.14. The fourth-order valence-electron chi connectivity index (χ4n) is 2.67. The van der Waals surface area contributed by atoms with Gasteiger partial charge in [0.15, 0.2) is 19.7 Å². The number of benzene rings is 1. The molecule has 24 heavy (non-hydrogen) atoms. The highest BCUT2D eigenvalue weighted by molar-refractivity contribution is 9.10. The van der Waals surface area contributed by atoms with Gasteiger partial charge >= 0.3 is 0 Å². The second-order valence-corrected chi connectivity index (χ2v) is 12.6. The lowest BCUT2D eigenvalue weighted by atomic mass is 10.3. The predicted molar refractivity (Wildman–Crippen MR) is 93.9 cm³/mol. The van der Waals surface area contributed by atoms with Gasteiger partial charge in [0.2, 0.25) is 10.0 Å². The van der Waals surface area contributed by atoms with Crippen LogP contribution in [0.1, 0.15) is 13.3 Å². The van der Waals surface area contributed by atoms with E-state index >= 15 is 0 Å². The number of hydrogen-bond donors (Lipinski definition) is 0. The lowest BCUT2D eigenvalue weighted by molar-refractivity contribution is 0.354. The van der Waals surface area contributed by atoms with Crippen LogP contribution < -0.4 is 0 Å². The van der Waals surface area contributed by atoms with E-state index in [0.717, 1.165) is 16.6 Å². The maximum absolute atomic E-state index is 13.0. The zero-order valence-corrected chi connectivity index (χ0v) is 17.2. The van der Waals surface area contributed by atoms with E-state index in [1.165, 1.54) is 12.1 Å². The summed E-state index contributed by atoms with van der Waals surface area (Å²) in [6, 6.07) is 3.14. The van der Waals surface area contributed by atoms with Gasteiger partial charge in [-0.1, -0.05) is 6.92 Å². The lowest BCUT2D eigenvalue weighted by Crippen LogP contribution is -2.41. The molecule has 0 amide bonds. The van der Waals surface area contributed by atoms with Gasteiger partial charge in [0.1, 0.15) is 0 Å². The van der Waals surface area contributed by atoms with Crippen LogP contribution in [0.15, 0.2) is 32.5 Å². The minimum absolute atomic E-state index is 0.0474. The average Bonchev–Trinajstić information content (AvgIpc) is 2.78. The van der Waals surface area contributed by atoms with E-state index in [9.17, 15) is 25.3 Å². The van der Waals surface area contributed by atoms with Crippen LogP contribution in [0.5, 0.6) is 0 Å². The topological polar surface area (TPSA) is 106 Å². The zero-order valence-electron chi connectivity index (χ0n) is 13.1. The van der Waals surface area contributed by atoms with Crippen LogP contribution >= 0.6 is 15.9 Å². The molecule has 1 heterocycles. The van der Waals surface area contributed by atoms with Crippen molar-refractivity contribution in [3.63, 3.8) is 0 Å². The highest BCUT2D eigenvalue weighted by Crippen LogP contribution is 2.31. The molecule has 1 aliphatic rings. The van der Waals surface area contributed by atoms with Crippen LogP contribution in [-0.4, -0.2) is 59.9 Å². The van der Waals surface area contributed by atoms with E-state index in [1.807, 2.05) is 0 Å². The molecule has 1 aliphatic heterocycles. The van der Waals surface area contributed by atoms with Crippen LogP contribution in [0.2, 0.25) is 0 Å². The molecule has 0 aliphatic carbocycles. The van der Waals surface area contributed by atoms with Crippen molar-refractivity contribution >= 4 is 45.6 Å². The summed E-state index contributed by atoms with van der Waals surface area (Å²) in [6.45, 7) is 1.72. The molecule has 136 valence electrons. The van der Waals surface area contributed by atoms with Gasteiger partial charge in [-0.2, -0.15) is 4.31 Å². The first-order chi connectivity index (χ1) is 10.9. The van der Waals surface area contributed by atoms with E-state index in [4.69, 9.17) is 0 Å². The monoisotopic (exact) mass is 459 g/mol. The Labute approximate surface area is 151 Å². The molecule has 1 aromatic carbocycles. The first-order valence-corrected chi connectivity index (χ1v) is 13.0. The molecule has 7 nitrogen and oxygen atoms in total. The quantitative estimate of drug-likeness (QED) is 0.651. The molecular weight excluding hydrogens is 442 g/mol. The Bertz CT molecular complexity index is 953. The molecule has 1 atom stereocenters. The second-order valence-electron chi connectivity index (χ2n) is 5.63. The van der Waals surface area contributed by atoms with Crippen LogP contribution in [0, 0.1) is 0 Å². The molecule has 1 unspecified atom stereocenters. The van der Waals surface area contributed by atoms with Crippen LogP contribution in [-0.2, 0) is 29.7 Å². The first-order valence-electron chi connectivity index (χ1n) is 7.10. The summed E-state index contributed by atoms with van der Waals surface area (Å²) in [5, 5.41) is 0. The molecule has 1 fully saturated rings. The van der Waals surface area contributed by atoms with Crippen molar-refractivity contribution in [1.82, 2.24) is 4.31 Å². The predicted octanol–water partition coefficient (Wildman–Crippen LogP) is 1.05. The summed E-state index contributed by atoms with van der Waals surface area (Å²) in [5.74, 6) is -0.266. The van der Waals surface area contributed by atoms with Crippen molar-refractivity contribution in [3.05, 3.63) is 22.7 Å². The van der Waals surface area contributed by atoms with Gasteiger partial charge in [-0.05, 0) is 40.5 Å². The Kier molecular flexibility index (Phi) is 5.51. The summed E-state index contributed by atoms with van der Waals surface area (Å²) in [5.41, 5.74) is 0. The first kappa shape index (κ1) is 19.8. The third kappa shape index (κ3) is 4.01. The molecular formula is C13H18BrNO6S3. The SMILES string of the molecule is CCN(C1CCS(=O)(=O)C1)S(=O)(=O)c1cc(S(C)(=O)=O)ccc1Br. The van der Waals surface area contributed by atoms with Crippen molar-refractivity contribution in [2.45, 2.75) is 29.2 Å². The number of rotatable bonds is 5.